The van der Waals surface area contributed by atoms with E-state index >= 15 is 0 Å². The molecule has 108 valence electrons. The van der Waals surface area contributed by atoms with Gasteiger partial charge in [0.1, 0.15) is 5.54 Å². The molecule has 21 heavy (non-hydrogen) atoms. The van der Waals surface area contributed by atoms with Crippen molar-refractivity contribution in [1.29, 1.82) is 5.26 Å². The third-order valence-corrected chi connectivity index (χ3v) is 4.71. The van der Waals surface area contributed by atoms with Gasteiger partial charge < -0.3 is 0 Å². The number of benzene rings is 2. The summed E-state index contributed by atoms with van der Waals surface area (Å²) in [5.41, 5.74) is 0.368. The molecule has 2 aromatic carbocycles. The lowest BCUT2D eigenvalue weighted by Crippen LogP contribution is -2.39. The highest BCUT2D eigenvalue weighted by atomic mass is 35.5. The van der Waals surface area contributed by atoms with Crippen LogP contribution in [0, 0.1) is 11.3 Å². The summed E-state index contributed by atoms with van der Waals surface area (Å²) >= 11 is 7.61. The molecular weight excluding hydrogens is 300 g/mol. The molecule has 0 aromatic heterocycles. The first kappa shape index (κ1) is 15.9. The molecule has 2 rings (SSSR count). The third kappa shape index (κ3) is 4.01. The lowest BCUT2D eigenvalue weighted by molar-refractivity contribution is 0.457. The van der Waals surface area contributed by atoms with Gasteiger partial charge in [0.2, 0.25) is 0 Å². The van der Waals surface area contributed by atoms with Crippen molar-refractivity contribution in [1.82, 2.24) is 5.32 Å². The first-order chi connectivity index (χ1) is 10.2. The Kier molecular flexibility index (Phi) is 5.69. The number of nitrogens with zero attached hydrogens (tertiary/aromatic N) is 1. The number of nitrogens with one attached hydrogen (secondary N) is 1. The van der Waals surface area contributed by atoms with E-state index in [0.717, 1.165) is 27.7 Å². The quantitative estimate of drug-likeness (QED) is 0.799. The Labute approximate surface area is 135 Å². The van der Waals surface area contributed by atoms with E-state index in [4.69, 9.17) is 11.6 Å². The fourth-order valence-electron chi connectivity index (χ4n) is 2.17. The Bertz CT molecular complexity index is 607. The van der Waals surface area contributed by atoms with Gasteiger partial charge in [-0.15, -0.1) is 11.8 Å². The molecule has 0 saturated carbocycles. The lowest BCUT2D eigenvalue weighted by Gasteiger charge is -2.26. The van der Waals surface area contributed by atoms with E-state index in [-0.39, 0.29) is 0 Å². The van der Waals surface area contributed by atoms with Crippen molar-refractivity contribution in [3.63, 3.8) is 0 Å². The predicted octanol–water partition coefficient (Wildman–Crippen LogP) is 4.46. The van der Waals surface area contributed by atoms with Gasteiger partial charge in [-0.3, -0.25) is 5.32 Å². The number of thioether (sulfide) groups is 1. The summed E-state index contributed by atoms with van der Waals surface area (Å²) in [5.74, 6) is 0.852. The monoisotopic (exact) mass is 316 g/mol. The summed E-state index contributed by atoms with van der Waals surface area (Å²) in [4.78, 5) is 1.16. The van der Waals surface area contributed by atoms with Crippen LogP contribution in [0.5, 0.6) is 0 Å². The summed E-state index contributed by atoms with van der Waals surface area (Å²) < 4.78 is 0. The van der Waals surface area contributed by atoms with E-state index in [0.29, 0.717) is 0 Å². The topological polar surface area (TPSA) is 35.8 Å². The molecule has 2 nitrogen and oxygen atoms in total. The Morgan fingerprint density at radius 2 is 1.81 bits per heavy atom. The van der Waals surface area contributed by atoms with Crippen LogP contribution in [0.1, 0.15) is 12.0 Å². The Balaban J connectivity index is 2.04. The summed E-state index contributed by atoms with van der Waals surface area (Å²) in [7, 11) is 1.84. The zero-order valence-corrected chi connectivity index (χ0v) is 13.4. The van der Waals surface area contributed by atoms with Gasteiger partial charge in [0.25, 0.3) is 0 Å². The van der Waals surface area contributed by atoms with Crippen molar-refractivity contribution < 1.29 is 0 Å². The van der Waals surface area contributed by atoms with Gasteiger partial charge in [0.15, 0.2) is 0 Å². The van der Waals surface area contributed by atoms with E-state index in [1.807, 2.05) is 61.6 Å². The van der Waals surface area contributed by atoms with E-state index in [2.05, 4.69) is 11.4 Å². The van der Waals surface area contributed by atoms with Crippen molar-refractivity contribution in [3.8, 4) is 6.07 Å². The molecule has 0 aliphatic carbocycles. The minimum Gasteiger partial charge on any atom is -0.299 e. The minimum atomic E-state index is -0.638. The van der Waals surface area contributed by atoms with Gasteiger partial charge in [-0.05, 0) is 43.3 Å². The third-order valence-electron chi connectivity index (χ3n) is 3.44. The van der Waals surface area contributed by atoms with Crippen LogP contribution in [-0.4, -0.2) is 12.8 Å². The second-order valence-electron chi connectivity index (χ2n) is 4.69. The Hall–Kier alpha value is -1.47. The first-order valence-corrected chi connectivity index (χ1v) is 8.10. The van der Waals surface area contributed by atoms with Crippen molar-refractivity contribution in [2.45, 2.75) is 16.9 Å². The zero-order chi connectivity index (χ0) is 15.1. The van der Waals surface area contributed by atoms with Crippen LogP contribution in [-0.2, 0) is 5.54 Å². The summed E-state index contributed by atoms with van der Waals surface area (Å²) in [6.45, 7) is 0. The van der Waals surface area contributed by atoms with Crippen molar-refractivity contribution in [2.75, 3.05) is 12.8 Å². The van der Waals surface area contributed by atoms with Crippen LogP contribution in [0.15, 0.2) is 59.5 Å². The fraction of sp³-hybridized carbons (Fsp3) is 0.235. The molecule has 0 bridgehead atoms. The number of hydrogen-bond acceptors (Lipinski definition) is 3. The molecule has 1 unspecified atom stereocenters. The average Bonchev–Trinajstić information content (AvgIpc) is 2.55. The maximum atomic E-state index is 9.62. The molecule has 0 saturated heterocycles. The highest BCUT2D eigenvalue weighted by molar-refractivity contribution is 7.99. The van der Waals surface area contributed by atoms with Crippen molar-refractivity contribution in [2.24, 2.45) is 0 Å². The number of halogens is 1. The second-order valence-corrected chi connectivity index (χ2v) is 6.29. The molecule has 0 aliphatic heterocycles. The van der Waals surface area contributed by atoms with Gasteiger partial charge in [0, 0.05) is 15.7 Å². The lowest BCUT2D eigenvalue weighted by atomic mass is 9.89. The predicted molar refractivity (Wildman–Crippen MR) is 89.6 cm³/mol. The van der Waals surface area contributed by atoms with Gasteiger partial charge >= 0.3 is 0 Å². The Morgan fingerprint density at radius 1 is 1.14 bits per heavy atom. The molecule has 4 heteroatoms. The van der Waals surface area contributed by atoms with E-state index in [9.17, 15) is 5.26 Å². The molecule has 0 radical (unpaired) electrons. The summed E-state index contributed by atoms with van der Waals surface area (Å²) in [6.07, 6.45) is 0.733. The van der Waals surface area contributed by atoms with Gasteiger partial charge in [0.05, 0.1) is 6.07 Å². The second kappa shape index (κ2) is 7.51. The van der Waals surface area contributed by atoms with Gasteiger partial charge in [-0.25, -0.2) is 0 Å². The maximum absolute atomic E-state index is 9.62. The maximum Gasteiger partial charge on any atom is 0.132 e. The number of rotatable bonds is 6. The van der Waals surface area contributed by atoms with Crippen LogP contribution in [0.25, 0.3) is 0 Å². The SMILES string of the molecule is CNC(C#N)(CCSc1ccc(Cl)cc1)c1ccccc1. The molecular formula is C17H17ClN2S. The summed E-state index contributed by atoms with van der Waals surface area (Å²) in [6, 6.07) is 20.1. The van der Waals surface area contributed by atoms with E-state index in [1.165, 1.54) is 0 Å². The van der Waals surface area contributed by atoms with Crippen LogP contribution >= 0.6 is 23.4 Å². The van der Waals surface area contributed by atoms with E-state index in [1.54, 1.807) is 11.8 Å². The smallest absolute Gasteiger partial charge is 0.132 e. The van der Waals surface area contributed by atoms with Crippen LogP contribution < -0.4 is 5.32 Å². The molecule has 0 fully saturated rings. The molecule has 0 amide bonds. The zero-order valence-electron chi connectivity index (χ0n) is 11.8. The molecule has 0 spiro atoms. The fourth-order valence-corrected chi connectivity index (χ4v) is 3.26. The molecule has 1 N–H and O–H groups in total. The van der Waals surface area contributed by atoms with Crippen LogP contribution in [0.2, 0.25) is 5.02 Å². The number of hydrogen-bond donors (Lipinski definition) is 1. The first-order valence-electron chi connectivity index (χ1n) is 6.74. The largest absolute Gasteiger partial charge is 0.299 e. The van der Waals surface area contributed by atoms with Gasteiger partial charge in [-0.2, -0.15) is 5.26 Å². The highest BCUT2D eigenvalue weighted by Crippen LogP contribution is 2.28. The van der Waals surface area contributed by atoms with Crippen LogP contribution in [0.3, 0.4) is 0 Å². The molecule has 2 aromatic rings. The van der Waals surface area contributed by atoms with Crippen LogP contribution in [0.4, 0.5) is 0 Å². The molecule has 0 heterocycles. The number of nitriles is 1. The van der Waals surface area contributed by atoms with E-state index < -0.39 is 5.54 Å². The average molecular weight is 317 g/mol. The molecule has 1 atom stereocenters. The Morgan fingerprint density at radius 3 is 2.38 bits per heavy atom. The normalized spacial score (nSPS) is 13.4. The summed E-state index contributed by atoms with van der Waals surface area (Å²) in [5, 5.41) is 13.5. The highest BCUT2D eigenvalue weighted by Gasteiger charge is 2.29. The minimum absolute atomic E-state index is 0.638. The van der Waals surface area contributed by atoms with Crippen molar-refractivity contribution >= 4 is 23.4 Å². The van der Waals surface area contributed by atoms with Crippen molar-refractivity contribution in [3.05, 3.63) is 65.2 Å². The molecule has 0 aliphatic rings. The standard InChI is InChI=1S/C17H17ClN2S/c1-20-17(13-19,14-5-3-2-4-6-14)11-12-21-16-9-7-15(18)8-10-16/h2-10,20H,11-12H2,1H3. The van der Waals surface area contributed by atoms with Gasteiger partial charge in [-0.1, -0.05) is 41.9 Å².